The van der Waals surface area contributed by atoms with Crippen LogP contribution in [0.3, 0.4) is 0 Å². The van der Waals surface area contributed by atoms with Crippen molar-refractivity contribution in [3.8, 4) is 0 Å². The standard InChI is InChI=1S/C11H17BrN2OS/c1-2-14-3-4-15-10(5-14)11(13)8-6-16-7-9(8)12/h6-7,10-11H,2-5,13H2,1H3. The van der Waals surface area contributed by atoms with Crippen LogP contribution in [-0.2, 0) is 4.74 Å². The fourth-order valence-corrected chi connectivity index (χ4v) is 3.57. The smallest absolute Gasteiger partial charge is 0.0895 e. The lowest BCUT2D eigenvalue weighted by atomic mass is 10.0. The molecule has 90 valence electrons. The summed E-state index contributed by atoms with van der Waals surface area (Å²) < 4.78 is 6.87. The van der Waals surface area contributed by atoms with E-state index in [2.05, 4.69) is 38.5 Å². The van der Waals surface area contributed by atoms with Gasteiger partial charge in [-0.15, -0.1) is 0 Å². The van der Waals surface area contributed by atoms with E-state index in [1.807, 2.05) is 0 Å². The molecule has 0 saturated carbocycles. The van der Waals surface area contributed by atoms with Gasteiger partial charge >= 0.3 is 0 Å². The molecule has 1 aliphatic heterocycles. The number of hydrogen-bond acceptors (Lipinski definition) is 4. The van der Waals surface area contributed by atoms with Crippen molar-refractivity contribution >= 4 is 27.3 Å². The maximum atomic E-state index is 6.26. The Kier molecular flexibility index (Phi) is 4.38. The third-order valence-electron chi connectivity index (χ3n) is 3.03. The number of ether oxygens (including phenoxy) is 1. The van der Waals surface area contributed by atoms with E-state index in [0.29, 0.717) is 0 Å². The number of nitrogens with zero attached hydrogens (tertiary/aromatic N) is 1. The van der Waals surface area contributed by atoms with E-state index >= 15 is 0 Å². The average Bonchev–Trinajstić information content (AvgIpc) is 2.74. The third kappa shape index (κ3) is 2.65. The predicted molar refractivity (Wildman–Crippen MR) is 70.8 cm³/mol. The second kappa shape index (κ2) is 5.60. The lowest BCUT2D eigenvalue weighted by molar-refractivity contribution is -0.0393. The molecule has 2 N–H and O–H groups in total. The zero-order chi connectivity index (χ0) is 11.5. The Morgan fingerprint density at radius 2 is 2.50 bits per heavy atom. The van der Waals surface area contributed by atoms with Crippen LogP contribution in [0.15, 0.2) is 15.2 Å². The summed E-state index contributed by atoms with van der Waals surface area (Å²) in [6.45, 7) is 5.98. The maximum absolute atomic E-state index is 6.26. The van der Waals surface area contributed by atoms with E-state index in [1.165, 1.54) is 0 Å². The molecule has 0 radical (unpaired) electrons. The van der Waals surface area contributed by atoms with Gasteiger partial charge in [0.15, 0.2) is 0 Å². The van der Waals surface area contributed by atoms with E-state index in [-0.39, 0.29) is 12.1 Å². The Hall–Kier alpha value is 0.0600. The van der Waals surface area contributed by atoms with Crippen LogP contribution in [0.5, 0.6) is 0 Å². The summed E-state index contributed by atoms with van der Waals surface area (Å²) >= 11 is 5.20. The molecule has 0 bridgehead atoms. The highest BCUT2D eigenvalue weighted by atomic mass is 79.9. The first-order chi connectivity index (χ1) is 7.72. The molecule has 1 aliphatic rings. The summed E-state index contributed by atoms with van der Waals surface area (Å²) in [5, 5.41) is 4.17. The number of likely N-dealkylation sites (N-methyl/N-ethyl adjacent to an activating group) is 1. The molecule has 1 fully saturated rings. The summed E-state index contributed by atoms with van der Waals surface area (Å²) in [5.74, 6) is 0. The number of rotatable bonds is 3. The molecule has 2 rings (SSSR count). The molecular formula is C11H17BrN2OS. The van der Waals surface area contributed by atoms with Crippen molar-refractivity contribution in [2.75, 3.05) is 26.2 Å². The first-order valence-electron chi connectivity index (χ1n) is 5.53. The molecule has 1 aromatic rings. The van der Waals surface area contributed by atoms with Crippen molar-refractivity contribution in [2.24, 2.45) is 5.73 Å². The molecule has 5 heteroatoms. The van der Waals surface area contributed by atoms with Crippen molar-refractivity contribution in [3.05, 3.63) is 20.8 Å². The summed E-state index contributed by atoms with van der Waals surface area (Å²) in [7, 11) is 0. The van der Waals surface area contributed by atoms with E-state index < -0.39 is 0 Å². The van der Waals surface area contributed by atoms with Gasteiger partial charge in [0.1, 0.15) is 0 Å². The second-order valence-corrected chi connectivity index (χ2v) is 5.60. The number of morpholine rings is 1. The number of nitrogens with two attached hydrogens (primary N) is 1. The van der Waals surface area contributed by atoms with Gasteiger partial charge in [-0.25, -0.2) is 0 Å². The Morgan fingerprint density at radius 3 is 3.12 bits per heavy atom. The second-order valence-electron chi connectivity index (χ2n) is 4.00. The summed E-state index contributed by atoms with van der Waals surface area (Å²) in [5.41, 5.74) is 7.42. The maximum Gasteiger partial charge on any atom is 0.0895 e. The Bertz CT molecular complexity index is 344. The molecule has 0 aromatic carbocycles. The lowest BCUT2D eigenvalue weighted by Crippen LogP contribution is -2.46. The van der Waals surface area contributed by atoms with Crippen LogP contribution < -0.4 is 5.73 Å². The average molecular weight is 305 g/mol. The normalized spacial score (nSPS) is 24.6. The van der Waals surface area contributed by atoms with E-state index in [0.717, 1.165) is 36.3 Å². The molecule has 1 saturated heterocycles. The van der Waals surface area contributed by atoms with Gasteiger partial charge in [0.25, 0.3) is 0 Å². The first-order valence-corrected chi connectivity index (χ1v) is 7.27. The highest BCUT2D eigenvalue weighted by Crippen LogP contribution is 2.29. The van der Waals surface area contributed by atoms with Crippen LogP contribution in [-0.4, -0.2) is 37.2 Å². The van der Waals surface area contributed by atoms with Crippen molar-refractivity contribution in [2.45, 2.75) is 19.1 Å². The van der Waals surface area contributed by atoms with Gasteiger partial charge in [-0.05, 0) is 33.4 Å². The minimum absolute atomic E-state index is 0.0324. The van der Waals surface area contributed by atoms with Crippen LogP contribution in [0.2, 0.25) is 0 Å². The Balaban J connectivity index is 2.04. The first kappa shape index (κ1) is 12.5. The number of halogens is 1. The van der Waals surface area contributed by atoms with Crippen LogP contribution in [0.25, 0.3) is 0 Å². The molecule has 3 nitrogen and oxygen atoms in total. The molecule has 2 unspecified atom stereocenters. The van der Waals surface area contributed by atoms with Gasteiger partial charge in [-0.1, -0.05) is 6.92 Å². The Morgan fingerprint density at radius 1 is 1.69 bits per heavy atom. The topological polar surface area (TPSA) is 38.5 Å². The Labute approximate surface area is 109 Å². The summed E-state index contributed by atoms with van der Waals surface area (Å²) in [6, 6.07) is -0.0324. The summed E-state index contributed by atoms with van der Waals surface area (Å²) in [4.78, 5) is 2.38. The van der Waals surface area contributed by atoms with E-state index in [9.17, 15) is 0 Å². The highest BCUT2D eigenvalue weighted by Gasteiger charge is 2.27. The van der Waals surface area contributed by atoms with Crippen molar-refractivity contribution in [1.29, 1.82) is 0 Å². The van der Waals surface area contributed by atoms with Crippen molar-refractivity contribution in [1.82, 2.24) is 4.90 Å². The quantitative estimate of drug-likeness (QED) is 0.931. The van der Waals surface area contributed by atoms with Gasteiger partial charge in [0.2, 0.25) is 0 Å². The molecular weight excluding hydrogens is 288 g/mol. The van der Waals surface area contributed by atoms with E-state index in [4.69, 9.17) is 10.5 Å². The van der Waals surface area contributed by atoms with Crippen LogP contribution >= 0.6 is 27.3 Å². The fourth-order valence-electron chi connectivity index (χ4n) is 1.97. The van der Waals surface area contributed by atoms with E-state index in [1.54, 1.807) is 11.3 Å². The largest absolute Gasteiger partial charge is 0.374 e. The van der Waals surface area contributed by atoms with Crippen LogP contribution in [0.1, 0.15) is 18.5 Å². The SMILES string of the molecule is CCN1CCOC(C(N)c2cscc2Br)C1. The monoisotopic (exact) mass is 304 g/mol. The fraction of sp³-hybridized carbons (Fsp3) is 0.636. The van der Waals surface area contributed by atoms with Gasteiger partial charge in [-0.3, -0.25) is 4.90 Å². The zero-order valence-electron chi connectivity index (χ0n) is 9.36. The van der Waals surface area contributed by atoms with Gasteiger partial charge in [0.05, 0.1) is 18.8 Å². The zero-order valence-corrected chi connectivity index (χ0v) is 11.8. The molecule has 0 amide bonds. The van der Waals surface area contributed by atoms with Crippen LogP contribution in [0, 0.1) is 0 Å². The van der Waals surface area contributed by atoms with Gasteiger partial charge in [-0.2, -0.15) is 11.3 Å². The van der Waals surface area contributed by atoms with Gasteiger partial charge < -0.3 is 10.5 Å². The molecule has 2 atom stereocenters. The minimum atomic E-state index is -0.0324. The number of thiophene rings is 1. The minimum Gasteiger partial charge on any atom is -0.374 e. The third-order valence-corrected chi connectivity index (χ3v) is 4.78. The summed E-state index contributed by atoms with van der Waals surface area (Å²) in [6.07, 6.45) is 0.111. The highest BCUT2D eigenvalue weighted by molar-refractivity contribution is 9.10. The van der Waals surface area contributed by atoms with Gasteiger partial charge in [0, 0.05) is 22.9 Å². The molecule has 16 heavy (non-hydrogen) atoms. The van der Waals surface area contributed by atoms with Crippen molar-refractivity contribution < 1.29 is 4.74 Å². The molecule has 0 aliphatic carbocycles. The molecule has 1 aromatic heterocycles. The molecule has 2 heterocycles. The van der Waals surface area contributed by atoms with Crippen LogP contribution in [0.4, 0.5) is 0 Å². The number of hydrogen-bond donors (Lipinski definition) is 1. The molecule has 0 spiro atoms. The predicted octanol–water partition coefficient (Wildman–Crippen LogP) is 2.23. The van der Waals surface area contributed by atoms with Crippen molar-refractivity contribution in [3.63, 3.8) is 0 Å². The lowest BCUT2D eigenvalue weighted by Gasteiger charge is -2.35.